The van der Waals surface area contributed by atoms with E-state index in [0.29, 0.717) is 6.54 Å². The Hall–Kier alpha value is -0.960. The first-order valence-electron chi connectivity index (χ1n) is 8.69. The number of sulfonamides is 2. The highest BCUT2D eigenvalue weighted by molar-refractivity contribution is 7.89. The Labute approximate surface area is 151 Å². The van der Waals surface area contributed by atoms with Gasteiger partial charge in [-0.15, -0.1) is 0 Å². The molecule has 6 nitrogen and oxygen atoms in total. The average molecular weight is 389 g/mol. The first kappa shape index (κ1) is 20.4. The maximum Gasteiger partial charge on any atom is 0.243 e. The van der Waals surface area contributed by atoms with Gasteiger partial charge in [0.15, 0.2) is 0 Å². The van der Waals surface area contributed by atoms with Crippen molar-refractivity contribution < 1.29 is 16.8 Å². The third-order valence-corrected chi connectivity index (χ3v) is 8.09. The van der Waals surface area contributed by atoms with Gasteiger partial charge in [0.05, 0.1) is 9.79 Å². The number of nitrogens with one attached hydrogen (secondary N) is 1. The minimum Gasteiger partial charge on any atom is -0.211 e. The molecule has 1 aromatic carbocycles. The molecule has 1 aliphatic heterocycles. The van der Waals surface area contributed by atoms with E-state index in [2.05, 4.69) is 4.72 Å². The van der Waals surface area contributed by atoms with E-state index in [1.54, 1.807) is 4.31 Å². The quantitative estimate of drug-likeness (QED) is 0.812. The second-order valence-corrected chi connectivity index (χ2v) is 10.8. The summed E-state index contributed by atoms with van der Waals surface area (Å²) in [5.41, 5.74) is 0. The Kier molecular flexibility index (Phi) is 6.30. The van der Waals surface area contributed by atoms with Gasteiger partial charge in [-0.1, -0.05) is 20.3 Å². The van der Waals surface area contributed by atoms with E-state index >= 15 is 0 Å². The predicted octanol–water partition coefficient (Wildman–Crippen LogP) is 2.57. The Balaban J connectivity index is 2.27. The summed E-state index contributed by atoms with van der Waals surface area (Å²) in [5, 5.41) is 0. The van der Waals surface area contributed by atoms with Crippen LogP contribution in [0.3, 0.4) is 0 Å². The fourth-order valence-corrected chi connectivity index (χ4v) is 6.24. The van der Waals surface area contributed by atoms with Gasteiger partial charge in [0, 0.05) is 18.6 Å². The van der Waals surface area contributed by atoms with Crippen LogP contribution in [0.1, 0.15) is 47.0 Å². The van der Waals surface area contributed by atoms with Crippen LogP contribution in [0.15, 0.2) is 34.1 Å². The van der Waals surface area contributed by atoms with Gasteiger partial charge in [-0.2, -0.15) is 4.31 Å². The minimum atomic E-state index is -3.63. The maximum atomic E-state index is 12.9. The van der Waals surface area contributed by atoms with Gasteiger partial charge >= 0.3 is 0 Å². The largest absolute Gasteiger partial charge is 0.243 e. The Morgan fingerprint density at radius 2 is 1.48 bits per heavy atom. The monoisotopic (exact) mass is 388 g/mol. The molecule has 0 aliphatic carbocycles. The van der Waals surface area contributed by atoms with E-state index < -0.39 is 20.0 Å². The second-order valence-electron chi connectivity index (χ2n) is 7.18. The van der Waals surface area contributed by atoms with Crippen LogP contribution in [0.25, 0.3) is 0 Å². The topological polar surface area (TPSA) is 83.5 Å². The number of hydrogen-bond donors (Lipinski definition) is 1. The molecule has 1 heterocycles. The van der Waals surface area contributed by atoms with Crippen LogP contribution in [-0.2, 0) is 20.0 Å². The van der Waals surface area contributed by atoms with Crippen molar-refractivity contribution in [3.05, 3.63) is 24.3 Å². The molecule has 1 fully saturated rings. The number of hydrogen-bond acceptors (Lipinski definition) is 4. The second kappa shape index (κ2) is 7.73. The van der Waals surface area contributed by atoms with Gasteiger partial charge in [0.25, 0.3) is 0 Å². The fraction of sp³-hybridized carbons (Fsp3) is 0.647. The van der Waals surface area contributed by atoms with Crippen molar-refractivity contribution in [1.29, 1.82) is 0 Å². The van der Waals surface area contributed by atoms with E-state index in [4.69, 9.17) is 0 Å². The summed E-state index contributed by atoms with van der Waals surface area (Å²) in [6, 6.07) is 5.37. The molecule has 0 amide bonds. The van der Waals surface area contributed by atoms with Crippen LogP contribution in [0.2, 0.25) is 0 Å². The van der Waals surface area contributed by atoms with Gasteiger partial charge < -0.3 is 0 Å². The number of nitrogens with zero attached hydrogens (tertiary/aromatic N) is 1. The molecule has 1 saturated heterocycles. The molecule has 0 saturated carbocycles. The summed E-state index contributed by atoms with van der Waals surface area (Å²) in [5.74, 6) is 0.191. The highest BCUT2D eigenvalue weighted by atomic mass is 32.2. The normalized spacial score (nSPS) is 23.1. The molecule has 0 radical (unpaired) electrons. The van der Waals surface area contributed by atoms with Crippen molar-refractivity contribution in [2.75, 3.05) is 6.54 Å². The summed E-state index contributed by atoms with van der Waals surface area (Å²) < 4.78 is 54.4. The van der Waals surface area contributed by atoms with Crippen LogP contribution < -0.4 is 4.72 Å². The molecule has 1 aliphatic rings. The molecule has 2 rings (SSSR count). The van der Waals surface area contributed by atoms with Gasteiger partial charge in [-0.3, -0.25) is 0 Å². The lowest BCUT2D eigenvalue weighted by atomic mass is 10.0. The van der Waals surface area contributed by atoms with Crippen molar-refractivity contribution in [3.8, 4) is 0 Å². The van der Waals surface area contributed by atoms with Crippen molar-refractivity contribution in [2.24, 2.45) is 5.92 Å². The minimum absolute atomic E-state index is 0.0510. The molecule has 25 heavy (non-hydrogen) atoms. The predicted molar refractivity (Wildman–Crippen MR) is 98.3 cm³/mol. The molecule has 0 spiro atoms. The van der Waals surface area contributed by atoms with Gasteiger partial charge in [-0.05, 0) is 56.9 Å². The van der Waals surface area contributed by atoms with Crippen LogP contribution in [0.4, 0.5) is 0 Å². The van der Waals surface area contributed by atoms with E-state index in [0.717, 1.165) is 19.3 Å². The molecule has 142 valence electrons. The lowest BCUT2D eigenvalue weighted by Crippen LogP contribution is -2.47. The molecule has 8 heteroatoms. The van der Waals surface area contributed by atoms with E-state index in [-0.39, 0.29) is 27.8 Å². The first-order chi connectivity index (χ1) is 11.6. The third-order valence-electron chi connectivity index (χ3n) is 4.50. The first-order valence-corrected chi connectivity index (χ1v) is 11.6. The van der Waals surface area contributed by atoms with Crippen molar-refractivity contribution >= 4 is 20.0 Å². The smallest absolute Gasteiger partial charge is 0.211 e. The lowest BCUT2D eigenvalue weighted by molar-refractivity contribution is 0.204. The van der Waals surface area contributed by atoms with E-state index in [1.165, 1.54) is 24.3 Å². The molecule has 2 unspecified atom stereocenters. The molecule has 0 bridgehead atoms. The zero-order valence-corrected chi connectivity index (χ0v) is 16.9. The standard InChI is InChI=1S/C17H28N2O4S2/c1-13(2)12-18-24(20,21)16-8-10-17(11-9-16)25(22,23)19-14(3)6-5-7-15(19)4/h8-11,13-15,18H,5-7,12H2,1-4H3. The molecule has 2 atom stereocenters. The molecule has 1 N–H and O–H groups in total. The summed E-state index contributed by atoms with van der Waals surface area (Å²) in [6.07, 6.45) is 2.71. The van der Waals surface area contributed by atoms with Crippen molar-refractivity contribution in [1.82, 2.24) is 9.03 Å². The molecule has 1 aromatic rings. The summed E-state index contributed by atoms with van der Waals surface area (Å²) in [7, 11) is -7.25. The zero-order valence-electron chi connectivity index (χ0n) is 15.3. The van der Waals surface area contributed by atoms with E-state index in [1.807, 2.05) is 27.7 Å². The maximum absolute atomic E-state index is 12.9. The third kappa shape index (κ3) is 4.61. The zero-order chi connectivity index (χ0) is 18.8. The lowest BCUT2D eigenvalue weighted by Gasteiger charge is -2.37. The summed E-state index contributed by atoms with van der Waals surface area (Å²) in [4.78, 5) is 0.211. The number of rotatable bonds is 6. The van der Waals surface area contributed by atoms with Crippen LogP contribution in [0, 0.1) is 5.92 Å². The van der Waals surface area contributed by atoms with Gasteiger partial charge in [0.2, 0.25) is 20.0 Å². The van der Waals surface area contributed by atoms with Crippen LogP contribution in [-0.4, -0.2) is 39.8 Å². The van der Waals surface area contributed by atoms with Crippen LogP contribution in [0.5, 0.6) is 0 Å². The number of piperidine rings is 1. The Morgan fingerprint density at radius 1 is 1.00 bits per heavy atom. The summed E-state index contributed by atoms with van der Waals surface area (Å²) >= 11 is 0. The van der Waals surface area contributed by atoms with Gasteiger partial charge in [-0.25, -0.2) is 21.6 Å². The summed E-state index contributed by atoms with van der Waals surface area (Å²) in [6.45, 7) is 8.01. The molecule has 0 aromatic heterocycles. The van der Waals surface area contributed by atoms with Gasteiger partial charge in [0.1, 0.15) is 0 Å². The Morgan fingerprint density at radius 3 is 1.96 bits per heavy atom. The molecular weight excluding hydrogens is 360 g/mol. The average Bonchev–Trinajstić information content (AvgIpc) is 2.53. The highest BCUT2D eigenvalue weighted by Crippen LogP contribution is 2.29. The fourth-order valence-electron chi connectivity index (χ4n) is 3.14. The van der Waals surface area contributed by atoms with Crippen LogP contribution >= 0.6 is 0 Å². The van der Waals surface area contributed by atoms with E-state index in [9.17, 15) is 16.8 Å². The van der Waals surface area contributed by atoms with Crippen molar-refractivity contribution in [2.45, 2.75) is 68.8 Å². The Bertz CT molecular complexity index is 776. The molecular formula is C17H28N2O4S2. The number of benzene rings is 1. The highest BCUT2D eigenvalue weighted by Gasteiger charge is 2.35. The van der Waals surface area contributed by atoms with Crippen molar-refractivity contribution in [3.63, 3.8) is 0 Å². The SMILES string of the molecule is CC(C)CNS(=O)(=O)c1ccc(S(=O)(=O)N2C(C)CCCC2C)cc1.